The van der Waals surface area contributed by atoms with Crippen LogP contribution in [-0.4, -0.2) is 51.1 Å². The van der Waals surface area contributed by atoms with Crippen LogP contribution in [0.5, 0.6) is 0 Å². The predicted molar refractivity (Wildman–Crippen MR) is 81.2 cm³/mol. The van der Waals surface area contributed by atoms with Gasteiger partial charge < -0.3 is 14.7 Å². The summed E-state index contributed by atoms with van der Waals surface area (Å²) in [6.45, 7) is 1.87. The highest BCUT2D eigenvalue weighted by atomic mass is 35.5. The Kier molecular flexibility index (Phi) is 4.73. The summed E-state index contributed by atoms with van der Waals surface area (Å²) >= 11 is 5.86. The highest BCUT2D eigenvalue weighted by Gasteiger charge is 2.28. The molecular weight excluding hydrogens is 306 g/mol. The molecule has 0 unspecified atom stereocenters. The van der Waals surface area contributed by atoms with Crippen LogP contribution in [0.3, 0.4) is 0 Å². The molecule has 3 rings (SSSR count). The second-order valence-electron chi connectivity index (χ2n) is 5.55. The van der Waals surface area contributed by atoms with E-state index in [0.29, 0.717) is 36.2 Å². The van der Waals surface area contributed by atoms with E-state index in [1.165, 1.54) is 0 Å². The van der Waals surface area contributed by atoms with E-state index in [0.717, 1.165) is 12.1 Å². The van der Waals surface area contributed by atoms with Crippen LogP contribution in [0.4, 0.5) is 0 Å². The highest BCUT2D eigenvalue weighted by molar-refractivity contribution is 6.30. The molecular formula is C15H18ClN3O3. The van der Waals surface area contributed by atoms with Crippen LogP contribution in [0.25, 0.3) is 11.4 Å². The van der Waals surface area contributed by atoms with Crippen molar-refractivity contribution in [2.24, 2.45) is 5.92 Å². The van der Waals surface area contributed by atoms with Gasteiger partial charge in [0.15, 0.2) is 0 Å². The lowest BCUT2D eigenvalue weighted by molar-refractivity contribution is -0.00469. The summed E-state index contributed by atoms with van der Waals surface area (Å²) in [6.07, 6.45) is 0.206. The van der Waals surface area contributed by atoms with Crippen LogP contribution >= 0.6 is 11.6 Å². The summed E-state index contributed by atoms with van der Waals surface area (Å²) in [7, 11) is 0. The van der Waals surface area contributed by atoms with E-state index in [1.54, 1.807) is 12.1 Å². The lowest BCUT2D eigenvalue weighted by Gasteiger charge is -2.34. The number of rotatable bonds is 4. The first-order chi connectivity index (χ1) is 10.7. The number of likely N-dealkylation sites (tertiary alicyclic amines) is 1. The van der Waals surface area contributed by atoms with Gasteiger partial charge in [0.2, 0.25) is 11.7 Å². The molecule has 6 nitrogen and oxygen atoms in total. The maximum absolute atomic E-state index is 9.78. The van der Waals surface area contributed by atoms with Crippen molar-refractivity contribution in [1.29, 1.82) is 0 Å². The molecule has 1 saturated heterocycles. The van der Waals surface area contributed by atoms with E-state index < -0.39 is 6.10 Å². The molecule has 2 atom stereocenters. The van der Waals surface area contributed by atoms with E-state index in [2.05, 4.69) is 15.0 Å². The molecule has 2 heterocycles. The van der Waals surface area contributed by atoms with Gasteiger partial charge in [-0.05, 0) is 30.7 Å². The Morgan fingerprint density at radius 3 is 2.82 bits per heavy atom. The zero-order valence-electron chi connectivity index (χ0n) is 12.0. The van der Waals surface area contributed by atoms with Gasteiger partial charge in [-0.15, -0.1) is 0 Å². The number of halogens is 1. The molecule has 0 spiro atoms. The fourth-order valence-electron chi connectivity index (χ4n) is 2.64. The zero-order chi connectivity index (χ0) is 15.5. The summed E-state index contributed by atoms with van der Waals surface area (Å²) in [5, 5.41) is 23.7. The van der Waals surface area contributed by atoms with Gasteiger partial charge in [0.05, 0.1) is 12.6 Å². The number of benzene rings is 1. The number of piperidine rings is 1. The largest absolute Gasteiger partial charge is 0.396 e. The molecule has 7 heteroatoms. The average Bonchev–Trinajstić information content (AvgIpc) is 2.98. The molecule has 22 heavy (non-hydrogen) atoms. The van der Waals surface area contributed by atoms with Crippen molar-refractivity contribution >= 4 is 11.6 Å². The molecule has 0 bridgehead atoms. The second kappa shape index (κ2) is 6.75. The number of aliphatic hydroxyl groups is 2. The van der Waals surface area contributed by atoms with Crippen molar-refractivity contribution in [2.45, 2.75) is 19.1 Å². The van der Waals surface area contributed by atoms with Crippen LogP contribution < -0.4 is 0 Å². The van der Waals surface area contributed by atoms with Gasteiger partial charge in [0.25, 0.3) is 0 Å². The molecule has 2 aromatic rings. The van der Waals surface area contributed by atoms with Crippen LogP contribution in [0.1, 0.15) is 12.3 Å². The van der Waals surface area contributed by atoms with Crippen molar-refractivity contribution in [3.8, 4) is 11.4 Å². The van der Waals surface area contributed by atoms with E-state index in [1.807, 2.05) is 12.1 Å². The van der Waals surface area contributed by atoms with Gasteiger partial charge >= 0.3 is 0 Å². The number of aliphatic hydroxyl groups excluding tert-OH is 2. The maximum Gasteiger partial charge on any atom is 0.241 e. The van der Waals surface area contributed by atoms with Crippen molar-refractivity contribution in [3.63, 3.8) is 0 Å². The Morgan fingerprint density at radius 1 is 1.32 bits per heavy atom. The third-order valence-corrected chi connectivity index (χ3v) is 4.19. The second-order valence-corrected chi connectivity index (χ2v) is 5.99. The average molecular weight is 324 g/mol. The Labute approximate surface area is 133 Å². The molecule has 118 valence electrons. The molecule has 1 aliphatic heterocycles. The van der Waals surface area contributed by atoms with Crippen molar-refractivity contribution < 1.29 is 14.7 Å². The summed E-state index contributed by atoms with van der Waals surface area (Å²) in [5.41, 5.74) is 0.849. The quantitative estimate of drug-likeness (QED) is 0.888. The third-order valence-electron chi connectivity index (χ3n) is 3.94. The van der Waals surface area contributed by atoms with Gasteiger partial charge in [-0.3, -0.25) is 4.90 Å². The van der Waals surface area contributed by atoms with Gasteiger partial charge in [0.1, 0.15) is 0 Å². The fraction of sp³-hybridized carbons (Fsp3) is 0.467. The lowest BCUT2D eigenvalue weighted by Crippen LogP contribution is -2.44. The normalized spacial score (nSPS) is 22.9. The summed E-state index contributed by atoms with van der Waals surface area (Å²) < 4.78 is 5.29. The molecule has 1 aromatic carbocycles. The number of aromatic nitrogens is 2. The molecule has 0 aliphatic carbocycles. The zero-order valence-corrected chi connectivity index (χ0v) is 12.8. The van der Waals surface area contributed by atoms with Crippen molar-refractivity contribution in [1.82, 2.24) is 15.0 Å². The number of hydrogen-bond acceptors (Lipinski definition) is 6. The highest BCUT2D eigenvalue weighted by Crippen LogP contribution is 2.21. The van der Waals surface area contributed by atoms with Crippen molar-refractivity contribution in [2.75, 3.05) is 19.7 Å². The van der Waals surface area contributed by atoms with Gasteiger partial charge in [-0.2, -0.15) is 4.98 Å². The van der Waals surface area contributed by atoms with Crippen LogP contribution in [-0.2, 0) is 6.54 Å². The first-order valence-electron chi connectivity index (χ1n) is 7.25. The van der Waals surface area contributed by atoms with Crippen molar-refractivity contribution in [3.05, 3.63) is 35.2 Å². The maximum atomic E-state index is 9.78. The monoisotopic (exact) mass is 323 g/mol. The number of nitrogens with zero attached hydrogens (tertiary/aromatic N) is 3. The predicted octanol–water partition coefficient (Wildman–Crippen LogP) is 1.57. The smallest absolute Gasteiger partial charge is 0.241 e. The Balaban J connectivity index is 1.65. The molecule has 1 aliphatic rings. The summed E-state index contributed by atoms with van der Waals surface area (Å²) in [4.78, 5) is 6.49. The minimum Gasteiger partial charge on any atom is -0.396 e. The molecule has 1 aromatic heterocycles. The first-order valence-corrected chi connectivity index (χ1v) is 7.63. The molecule has 0 saturated carbocycles. The van der Waals surface area contributed by atoms with Gasteiger partial charge in [0, 0.05) is 36.2 Å². The van der Waals surface area contributed by atoms with E-state index in [-0.39, 0.29) is 12.5 Å². The third kappa shape index (κ3) is 3.47. The Bertz CT molecular complexity index is 617. The van der Waals surface area contributed by atoms with Gasteiger partial charge in [-0.25, -0.2) is 0 Å². The lowest BCUT2D eigenvalue weighted by atomic mass is 9.96. The topological polar surface area (TPSA) is 82.6 Å². The van der Waals surface area contributed by atoms with E-state index in [4.69, 9.17) is 16.1 Å². The standard InChI is InChI=1S/C15H18ClN3O3/c16-12-3-1-10(2-4-12)15-17-14(22-18-15)8-19-6-5-13(21)11(7-19)9-20/h1-4,11,13,20-21H,5-9H2/t11-,13-/m0/s1. The Morgan fingerprint density at radius 2 is 2.09 bits per heavy atom. The summed E-state index contributed by atoms with van der Waals surface area (Å²) in [6, 6.07) is 7.25. The minimum absolute atomic E-state index is 0.0163. The minimum atomic E-state index is -0.437. The molecule has 2 N–H and O–H groups in total. The first kappa shape index (κ1) is 15.4. The van der Waals surface area contributed by atoms with E-state index in [9.17, 15) is 10.2 Å². The van der Waals surface area contributed by atoms with Crippen LogP contribution in [0.15, 0.2) is 28.8 Å². The fourth-order valence-corrected chi connectivity index (χ4v) is 2.77. The van der Waals surface area contributed by atoms with Gasteiger partial charge in [-0.1, -0.05) is 16.8 Å². The van der Waals surface area contributed by atoms with Crippen LogP contribution in [0, 0.1) is 5.92 Å². The number of hydrogen-bond donors (Lipinski definition) is 2. The molecule has 0 amide bonds. The molecule has 0 radical (unpaired) electrons. The van der Waals surface area contributed by atoms with E-state index >= 15 is 0 Å². The SMILES string of the molecule is OC[C@@H]1CN(Cc2nc(-c3ccc(Cl)cc3)no2)CC[C@@H]1O. The summed E-state index contributed by atoms with van der Waals surface area (Å²) in [5.74, 6) is 0.938. The Hall–Kier alpha value is -1.47. The molecule has 1 fully saturated rings. The van der Waals surface area contributed by atoms with Crippen LogP contribution in [0.2, 0.25) is 5.02 Å².